The van der Waals surface area contributed by atoms with E-state index in [1.165, 1.54) is 6.07 Å². The van der Waals surface area contributed by atoms with Crippen LogP contribution in [-0.4, -0.2) is 16.8 Å². The van der Waals surface area contributed by atoms with Crippen molar-refractivity contribution < 1.29 is 9.18 Å². The number of anilines is 1. The molecule has 112 valence electrons. The second-order valence-electron chi connectivity index (χ2n) is 5.70. The van der Waals surface area contributed by atoms with Crippen LogP contribution in [0.4, 0.5) is 10.1 Å². The van der Waals surface area contributed by atoms with Gasteiger partial charge in [-0.25, -0.2) is 4.39 Å². The minimum absolute atomic E-state index is 0.0266. The smallest absolute Gasteiger partial charge is 0.258 e. The quantitative estimate of drug-likeness (QED) is 0.864. The average Bonchev–Trinajstić information content (AvgIpc) is 3.34. The molecule has 0 saturated heterocycles. The molecule has 2 aromatic rings. The molecule has 1 N–H and O–H groups in total. The summed E-state index contributed by atoms with van der Waals surface area (Å²) in [7, 11) is 0. The number of nitrogens with one attached hydrogen (secondary N) is 1. The lowest BCUT2D eigenvalue weighted by Crippen LogP contribution is -2.44. The number of carbonyl (C=O) groups is 1. The van der Waals surface area contributed by atoms with Crippen molar-refractivity contribution in [3.8, 4) is 0 Å². The Kier molecular flexibility index (Phi) is 3.18. The molecule has 4 rings (SSSR count). The molecule has 1 aliphatic heterocycles. The van der Waals surface area contributed by atoms with E-state index in [-0.39, 0.29) is 17.8 Å². The molecule has 1 fully saturated rings. The van der Waals surface area contributed by atoms with E-state index >= 15 is 0 Å². The minimum Gasteiger partial charge on any atom is -0.361 e. The van der Waals surface area contributed by atoms with E-state index in [2.05, 4.69) is 21.2 Å². The van der Waals surface area contributed by atoms with Crippen LogP contribution in [0.25, 0.3) is 0 Å². The summed E-state index contributed by atoms with van der Waals surface area (Å²) in [4.78, 5) is 14.6. The third kappa shape index (κ3) is 2.20. The van der Waals surface area contributed by atoms with Gasteiger partial charge in [0.05, 0.1) is 5.56 Å². The predicted octanol–water partition coefficient (Wildman–Crippen LogP) is 4.32. The Hall–Kier alpha value is -1.88. The van der Waals surface area contributed by atoms with Crippen LogP contribution in [-0.2, 0) is 0 Å². The van der Waals surface area contributed by atoms with Crippen molar-refractivity contribution in [3.63, 3.8) is 0 Å². The first-order valence-corrected chi connectivity index (χ1v) is 8.07. The van der Waals surface area contributed by atoms with E-state index in [0.29, 0.717) is 11.1 Å². The maximum absolute atomic E-state index is 14.3. The van der Waals surface area contributed by atoms with E-state index < -0.39 is 6.17 Å². The van der Waals surface area contributed by atoms with Crippen LogP contribution >= 0.6 is 15.9 Å². The van der Waals surface area contributed by atoms with Crippen LogP contribution in [0.3, 0.4) is 0 Å². The van der Waals surface area contributed by atoms with Crippen molar-refractivity contribution in [2.45, 2.75) is 25.0 Å². The van der Waals surface area contributed by atoms with Gasteiger partial charge in [-0.3, -0.25) is 4.79 Å². The molecule has 1 aliphatic carbocycles. The topological polar surface area (TPSA) is 32.3 Å². The number of hydrogen-bond acceptors (Lipinski definition) is 2. The molecule has 1 heterocycles. The fraction of sp³-hybridized carbons (Fsp3) is 0.235. The molecule has 1 amide bonds. The highest BCUT2D eigenvalue weighted by molar-refractivity contribution is 9.10. The van der Waals surface area contributed by atoms with Gasteiger partial charge in [-0.1, -0.05) is 28.1 Å². The van der Waals surface area contributed by atoms with Crippen molar-refractivity contribution >= 4 is 27.5 Å². The number of hydrogen-bond donors (Lipinski definition) is 1. The highest BCUT2D eigenvalue weighted by atomic mass is 79.9. The number of carbonyl (C=O) groups excluding carboxylic acids is 1. The van der Waals surface area contributed by atoms with Gasteiger partial charge in [-0.05, 0) is 43.2 Å². The van der Waals surface area contributed by atoms with Gasteiger partial charge < -0.3 is 10.2 Å². The number of nitrogens with zero attached hydrogens (tertiary/aromatic N) is 1. The molecule has 1 saturated carbocycles. The predicted molar refractivity (Wildman–Crippen MR) is 86.1 cm³/mol. The largest absolute Gasteiger partial charge is 0.361 e. The molecule has 0 spiro atoms. The van der Waals surface area contributed by atoms with Crippen molar-refractivity contribution in [3.05, 3.63) is 63.9 Å². The molecule has 2 aromatic carbocycles. The Morgan fingerprint density at radius 1 is 1.18 bits per heavy atom. The molecule has 0 aromatic heterocycles. The standard InChI is InChI=1S/C17H14BrFN2O/c18-10-5-8-14(19)13(9-10)16-20-15-4-2-1-3-12(15)17(22)21(16)11-6-7-11/h1-5,8-9,11,16,20H,6-7H2/t16-/m1/s1. The summed E-state index contributed by atoms with van der Waals surface area (Å²) in [6.07, 6.45) is 1.48. The Labute approximate surface area is 136 Å². The van der Waals surface area contributed by atoms with Crippen LogP contribution in [0.5, 0.6) is 0 Å². The first kappa shape index (κ1) is 13.8. The van der Waals surface area contributed by atoms with E-state index in [0.717, 1.165) is 23.0 Å². The van der Waals surface area contributed by atoms with Crippen LogP contribution in [0.15, 0.2) is 46.9 Å². The highest BCUT2D eigenvalue weighted by Gasteiger charge is 2.42. The second-order valence-corrected chi connectivity index (χ2v) is 6.62. The van der Waals surface area contributed by atoms with E-state index in [1.54, 1.807) is 17.0 Å². The second kappa shape index (κ2) is 5.09. The van der Waals surface area contributed by atoms with Crippen molar-refractivity contribution in [2.24, 2.45) is 0 Å². The Bertz CT molecular complexity index is 760. The zero-order chi connectivity index (χ0) is 15.3. The number of halogens is 2. The molecule has 2 aliphatic rings. The molecule has 3 nitrogen and oxygen atoms in total. The van der Waals surface area contributed by atoms with Crippen molar-refractivity contribution in [1.82, 2.24) is 4.90 Å². The summed E-state index contributed by atoms with van der Waals surface area (Å²) in [6.45, 7) is 0. The fourth-order valence-electron chi connectivity index (χ4n) is 2.95. The lowest BCUT2D eigenvalue weighted by Gasteiger charge is -2.38. The summed E-state index contributed by atoms with van der Waals surface area (Å²) in [5, 5.41) is 3.33. The van der Waals surface area contributed by atoms with Gasteiger partial charge in [-0.2, -0.15) is 0 Å². The third-order valence-corrected chi connectivity index (χ3v) is 4.65. The number of amides is 1. The summed E-state index contributed by atoms with van der Waals surface area (Å²) >= 11 is 3.38. The van der Waals surface area contributed by atoms with Gasteiger partial charge in [-0.15, -0.1) is 0 Å². The summed E-state index contributed by atoms with van der Waals surface area (Å²) < 4.78 is 15.1. The SMILES string of the molecule is O=C1c2ccccc2N[C@@H](c2cc(Br)ccc2F)N1C1CC1. The number of benzene rings is 2. The Morgan fingerprint density at radius 2 is 1.95 bits per heavy atom. The average molecular weight is 361 g/mol. The lowest BCUT2D eigenvalue weighted by atomic mass is 10.0. The van der Waals surface area contributed by atoms with Gasteiger partial charge in [0.2, 0.25) is 0 Å². The first-order valence-electron chi connectivity index (χ1n) is 7.28. The van der Waals surface area contributed by atoms with Crippen LogP contribution in [0.1, 0.15) is 34.9 Å². The molecular formula is C17H14BrFN2O. The van der Waals surface area contributed by atoms with E-state index in [9.17, 15) is 9.18 Å². The Morgan fingerprint density at radius 3 is 2.73 bits per heavy atom. The normalized spacial score (nSPS) is 20.5. The van der Waals surface area contributed by atoms with Crippen LogP contribution in [0.2, 0.25) is 0 Å². The van der Waals surface area contributed by atoms with Gasteiger partial charge in [0.1, 0.15) is 12.0 Å². The zero-order valence-electron chi connectivity index (χ0n) is 11.7. The number of para-hydroxylation sites is 1. The van der Waals surface area contributed by atoms with Gasteiger partial charge in [0.25, 0.3) is 5.91 Å². The first-order chi connectivity index (χ1) is 10.6. The molecule has 0 radical (unpaired) electrons. The van der Waals surface area contributed by atoms with Gasteiger partial charge in [0.15, 0.2) is 0 Å². The molecule has 5 heteroatoms. The molecule has 0 bridgehead atoms. The number of rotatable bonds is 2. The number of fused-ring (bicyclic) bond motifs is 1. The zero-order valence-corrected chi connectivity index (χ0v) is 13.3. The Balaban J connectivity index is 1.84. The summed E-state index contributed by atoms with van der Waals surface area (Å²) in [6, 6.07) is 12.4. The fourth-order valence-corrected chi connectivity index (χ4v) is 3.33. The maximum atomic E-state index is 14.3. The van der Waals surface area contributed by atoms with Crippen molar-refractivity contribution in [2.75, 3.05) is 5.32 Å². The maximum Gasteiger partial charge on any atom is 0.258 e. The monoisotopic (exact) mass is 360 g/mol. The van der Waals surface area contributed by atoms with Crippen LogP contribution < -0.4 is 5.32 Å². The molecule has 22 heavy (non-hydrogen) atoms. The third-order valence-electron chi connectivity index (χ3n) is 4.16. The van der Waals surface area contributed by atoms with E-state index in [1.807, 2.05) is 24.3 Å². The molecule has 0 unspecified atom stereocenters. The molecular weight excluding hydrogens is 347 g/mol. The van der Waals surface area contributed by atoms with Gasteiger partial charge >= 0.3 is 0 Å². The van der Waals surface area contributed by atoms with E-state index in [4.69, 9.17) is 0 Å². The van der Waals surface area contributed by atoms with Crippen molar-refractivity contribution in [1.29, 1.82) is 0 Å². The van der Waals surface area contributed by atoms with Crippen LogP contribution in [0, 0.1) is 5.82 Å². The minimum atomic E-state index is -0.465. The summed E-state index contributed by atoms with van der Waals surface area (Å²) in [5.74, 6) is -0.334. The highest BCUT2D eigenvalue weighted by Crippen LogP contribution is 2.41. The summed E-state index contributed by atoms with van der Waals surface area (Å²) in [5.41, 5.74) is 1.90. The lowest BCUT2D eigenvalue weighted by molar-refractivity contribution is 0.0663. The molecule has 1 atom stereocenters. The van der Waals surface area contributed by atoms with Gasteiger partial charge in [0, 0.05) is 21.8 Å².